The van der Waals surface area contributed by atoms with Crippen LogP contribution in [0.5, 0.6) is 0 Å². The molecule has 0 aromatic heterocycles. The number of amides is 1. The summed E-state index contributed by atoms with van der Waals surface area (Å²) in [5.74, 6) is -1.10. The molecule has 0 saturated heterocycles. The van der Waals surface area contributed by atoms with Crippen LogP contribution in [0.25, 0.3) is 0 Å². The third-order valence-electron chi connectivity index (χ3n) is 2.96. The Hall–Kier alpha value is -1.41. The normalized spacial score (nSPS) is 11.7. The number of likely N-dealkylation sites (N-methyl/N-ethyl adjacent to an activating group) is 1. The molecule has 3 nitrogen and oxygen atoms in total. The van der Waals surface area contributed by atoms with Gasteiger partial charge in [-0.1, -0.05) is 22.9 Å². The molecule has 0 radical (unpaired) electrons. The number of benzene rings is 1. The molecule has 0 aliphatic carbocycles. The van der Waals surface area contributed by atoms with Crippen molar-refractivity contribution in [2.45, 2.75) is 19.8 Å². The van der Waals surface area contributed by atoms with E-state index >= 15 is 0 Å². The molecule has 0 saturated carbocycles. The van der Waals surface area contributed by atoms with Crippen LogP contribution in [0.3, 0.4) is 0 Å². The predicted octanol–water partition coefficient (Wildman–Crippen LogP) is 3.14. The second-order valence-corrected chi connectivity index (χ2v) is 5.25. The Morgan fingerprint density at radius 1 is 1.58 bits per heavy atom. The fraction of sp³-hybridized carbons (Fsp3) is 0.429. The number of rotatable bonds is 5. The van der Waals surface area contributed by atoms with Gasteiger partial charge in [-0.2, -0.15) is 5.26 Å². The van der Waals surface area contributed by atoms with Gasteiger partial charge in [-0.25, -0.2) is 4.39 Å². The quantitative estimate of drug-likeness (QED) is 0.834. The number of carbonyl (C=O) groups excluding carboxylic acids is 1. The minimum Gasteiger partial charge on any atom is -0.344 e. The monoisotopic (exact) mass is 326 g/mol. The Bertz CT molecular complexity index is 499. The first-order valence-corrected chi connectivity index (χ1v) is 6.87. The fourth-order valence-electron chi connectivity index (χ4n) is 1.72. The average molecular weight is 327 g/mol. The average Bonchev–Trinajstić information content (AvgIpc) is 2.40. The summed E-state index contributed by atoms with van der Waals surface area (Å²) < 4.78 is 14.3. The molecule has 1 aromatic carbocycles. The maximum Gasteiger partial charge on any atom is 0.239 e. The van der Waals surface area contributed by atoms with Crippen molar-refractivity contribution in [3.8, 4) is 6.07 Å². The second-order valence-electron chi connectivity index (χ2n) is 4.34. The zero-order valence-electron chi connectivity index (χ0n) is 11.0. The molecule has 0 aliphatic heterocycles. The lowest BCUT2D eigenvalue weighted by Crippen LogP contribution is -2.33. The largest absolute Gasteiger partial charge is 0.344 e. The lowest BCUT2D eigenvalue weighted by atomic mass is 10.1. The first-order chi connectivity index (χ1) is 8.99. The van der Waals surface area contributed by atoms with E-state index < -0.39 is 5.92 Å². The van der Waals surface area contributed by atoms with E-state index in [2.05, 4.69) is 15.9 Å². The summed E-state index contributed by atoms with van der Waals surface area (Å²) in [5.41, 5.74) is 0.555. The van der Waals surface area contributed by atoms with E-state index in [1.54, 1.807) is 26.1 Å². The molecular formula is C14H16BrFN2O. The zero-order chi connectivity index (χ0) is 14.4. The number of carbonyl (C=O) groups is 1. The van der Waals surface area contributed by atoms with Gasteiger partial charge in [-0.05, 0) is 36.6 Å². The Morgan fingerprint density at radius 3 is 2.84 bits per heavy atom. The standard InChI is InChI=1S/C14H16BrFN2O/c1-3-10(9-17)14(19)18(2)7-6-11-8-12(15)4-5-13(11)16/h4-5,8,10H,3,6-7H2,1-2H3. The fourth-order valence-corrected chi connectivity index (χ4v) is 2.13. The first-order valence-electron chi connectivity index (χ1n) is 6.08. The molecule has 0 aliphatic rings. The van der Waals surface area contributed by atoms with Gasteiger partial charge in [0.1, 0.15) is 11.7 Å². The van der Waals surface area contributed by atoms with Gasteiger partial charge in [0, 0.05) is 18.1 Å². The topological polar surface area (TPSA) is 44.1 Å². The van der Waals surface area contributed by atoms with E-state index in [9.17, 15) is 9.18 Å². The van der Waals surface area contributed by atoms with Crippen molar-refractivity contribution in [2.24, 2.45) is 5.92 Å². The highest BCUT2D eigenvalue weighted by Gasteiger charge is 2.19. The Balaban J connectivity index is 2.64. The van der Waals surface area contributed by atoms with Gasteiger partial charge in [0.25, 0.3) is 0 Å². The molecule has 1 rings (SSSR count). The Labute approximate surface area is 121 Å². The van der Waals surface area contributed by atoms with E-state index in [1.165, 1.54) is 11.0 Å². The van der Waals surface area contributed by atoms with Crippen molar-refractivity contribution in [3.05, 3.63) is 34.1 Å². The van der Waals surface area contributed by atoms with Crippen molar-refractivity contribution in [1.82, 2.24) is 4.90 Å². The summed E-state index contributed by atoms with van der Waals surface area (Å²) in [7, 11) is 1.64. The van der Waals surface area contributed by atoms with Gasteiger partial charge in [-0.15, -0.1) is 0 Å². The molecule has 1 unspecified atom stereocenters. The SMILES string of the molecule is CCC(C#N)C(=O)N(C)CCc1cc(Br)ccc1F. The third kappa shape index (κ3) is 4.32. The van der Waals surface area contributed by atoms with Crippen molar-refractivity contribution >= 4 is 21.8 Å². The van der Waals surface area contributed by atoms with Crippen LogP contribution in [0.15, 0.2) is 22.7 Å². The van der Waals surface area contributed by atoms with Crippen LogP contribution in [0.1, 0.15) is 18.9 Å². The minimum atomic E-state index is -0.614. The van der Waals surface area contributed by atoms with Crippen molar-refractivity contribution in [1.29, 1.82) is 5.26 Å². The van der Waals surface area contributed by atoms with E-state index in [1.807, 2.05) is 6.07 Å². The lowest BCUT2D eigenvalue weighted by molar-refractivity contribution is -0.132. The summed E-state index contributed by atoms with van der Waals surface area (Å²) in [5, 5.41) is 8.85. The van der Waals surface area contributed by atoms with Gasteiger partial charge >= 0.3 is 0 Å². The molecule has 1 amide bonds. The van der Waals surface area contributed by atoms with Crippen LogP contribution >= 0.6 is 15.9 Å². The lowest BCUT2D eigenvalue weighted by Gasteiger charge is -2.19. The number of hydrogen-bond donors (Lipinski definition) is 0. The van der Waals surface area contributed by atoms with Crippen molar-refractivity contribution in [2.75, 3.05) is 13.6 Å². The van der Waals surface area contributed by atoms with E-state index in [-0.39, 0.29) is 11.7 Å². The highest BCUT2D eigenvalue weighted by Crippen LogP contribution is 2.16. The molecule has 0 heterocycles. The Morgan fingerprint density at radius 2 is 2.26 bits per heavy atom. The van der Waals surface area contributed by atoms with Gasteiger partial charge in [0.2, 0.25) is 5.91 Å². The molecular weight excluding hydrogens is 311 g/mol. The van der Waals surface area contributed by atoms with E-state index in [0.29, 0.717) is 24.9 Å². The van der Waals surface area contributed by atoms with Crippen LogP contribution in [-0.2, 0) is 11.2 Å². The molecule has 1 atom stereocenters. The number of nitriles is 1. The second kappa shape index (κ2) is 7.25. The van der Waals surface area contributed by atoms with Crippen LogP contribution in [-0.4, -0.2) is 24.4 Å². The molecule has 1 aromatic rings. The van der Waals surface area contributed by atoms with Crippen LogP contribution in [0.2, 0.25) is 0 Å². The maximum atomic E-state index is 13.5. The predicted molar refractivity (Wildman–Crippen MR) is 74.8 cm³/mol. The maximum absolute atomic E-state index is 13.5. The van der Waals surface area contributed by atoms with Crippen molar-refractivity contribution < 1.29 is 9.18 Å². The third-order valence-corrected chi connectivity index (χ3v) is 3.46. The summed E-state index contributed by atoms with van der Waals surface area (Å²) in [6.45, 7) is 2.19. The summed E-state index contributed by atoms with van der Waals surface area (Å²) in [4.78, 5) is 13.4. The van der Waals surface area contributed by atoms with Gasteiger partial charge in [-0.3, -0.25) is 4.79 Å². The number of hydrogen-bond acceptors (Lipinski definition) is 2. The summed E-state index contributed by atoms with van der Waals surface area (Å²) in [6.07, 6.45) is 0.917. The first kappa shape index (κ1) is 15.6. The van der Waals surface area contributed by atoms with Crippen LogP contribution in [0.4, 0.5) is 4.39 Å². The van der Waals surface area contributed by atoms with Gasteiger partial charge < -0.3 is 4.90 Å². The van der Waals surface area contributed by atoms with Crippen LogP contribution in [0, 0.1) is 23.1 Å². The molecule has 102 valence electrons. The highest BCUT2D eigenvalue weighted by atomic mass is 79.9. The zero-order valence-corrected chi connectivity index (χ0v) is 12.6. The van der Waals surface area contributed by atoms with Gasteiger partial charge in [0.05, 0.1) is 6.07 Å². The molecule has 0 N–H and O–H groups in total. The summed E-state index contributed by atoms with van der Waals surface area (Å²) in [6, 6.07) is 6.71. The molecule has 0 fully saturated rings. The Kier molecular flexibility index (Phi) is 5.97. The highest BCUT2D eigenvalue weighted by molar-refractivity contribution is 9.10. The summed E-state index contributed by atoms with van der Waals surface area (Å²) >= 11 is 3.29. The van der Waals surface area contributed by atoms with Gasteiger partial charge in [0.15, 0.2) is 0 Å². The smallest absolute Gasteiger partial charge is 0.239 e. The molecule has 5 heteroatoms. The molecule has 0 spiro atoms. The van der Waals surface area contributed by atoms with E-state index in [0.717, 1.165) is 4.47 Å². The number of halogens is 2. The minimum absolute atomic E-state index is 0.208. The van der Waals surface area contributed by atoms with E-state index in [4.69, 9.17) is 5.26 Å². The number of nitrogens with zero attached hydrogens (tertiary/aromatic N) is 2. The van der Waals surface area contributed by atoms with Crippen molar-refractivity contribution in [3.63, 3.8) is 0 Å². The molecule has 19 heavy (non-hydrogen) atoms. The molecule has 0 bridgehead atoms. The van der Waals surface area contributed by atoms with Crippen LogP contribution < -0.4 is 0 Å².